The Balaban J connectivity index is 3.70. The highest BCUT2D eigenvalue weighted by atomic mass is 15.2. The molecule has 0 aromatic carbocycles. The van der Waals surface area contributed by atoms with Crippen molar-refractivity contribution in [1.82, 2.24) is 4.90 Å². The Labute approximate surface area is 74.2 Å². The summed E-state index contributed by atoms with van der Waals surface area (Å²) in [5.41, 5.74) is 8.07. The van der Waals surface area contributed by atoms with Crippen molar-refractivity contribution < 1.29 is 0 Å². The Morgan fingerprint density at radius 1 is 1.42 bits per heavy atom. The first-order valence-electron chi connectivity index (χ1n) is 4.30. The van der Waals surface area contributed by atoms with E-state index in [9.17, 15) is 0 Å². The molecular weight excluding hydrogens is 152 g/mol. The molecule has 0 aromatic rings. The van der Waals surface area contributed by atoms with Gasteiger partial charge in [-0.2, -0.15) is 0 Å². The Morgan fingerprint density at radius 2 is 2.00 bits per heavy atom. The van der Waals surface area contributed by atoms with Crippen molar-refractivity contribution in [3.8, 4) is 0 Å². The summed E-state index contributed by atoms with van der Waals surface area (Å²) in [6.45, 7) is 7.96. The first-order valence-corrected chi connectivity index (χ1v) is 4.30. The van der Waals surface area contributed by atoms with Gasteiger partial charge in [0.2, 0.25) is 0 Å². The van der Waals surface area contributed by atoms with Gasteiger partial charge in [-0.25, -0.2) is 0 Å². The van der Waals surface area contributed by atoms with E-state index in [4.69, 9.17) is 5.53 Å². The zero-order chi connectivity index (χ0) is 9.56. The van der Waals surface area contributed by atoms with E-state index < -0.39 is 0 Å². The van der Waals surface area contributed by atoms with Crippen molar-refractivity contribution in [2.45, 2.75) is 26.8 Å². The predicted molar refractivity (Wildman–Crippen MR) is 50.9 cm³/mol. The van der Waals surface area contributed by atoms with Gasteiger partial charge in [0.1, 0.15) is 0 Å². The third kappa shape index (κ3) is 4.21. The fourth-order valence-electron chi connectivity index (χ4n) is 0.960. The zero-order valence-corrected chi connectivity index (χ0v) is 8.36. The molecule has 0 spiro atoms. The molecule has 0 N–H and O–H groups in total. The van der Waals surface area contributed by atoms with Crippen LogP contribution in [0.2, 0.25) is 0 Å². The molecule has 0 aromatic heterocycles. The zero-order valence-electron chi connectivity index (χ0n) is 8.36. The maximum absolute atomic E-state index is 8.07. The molecule has 1 atom stereocenters. The Kier molecular flexibility index (Phi) is 5.51. The van der Waals surface area contributed by atoms with Gasteiger partial charge in [0.05, 0.1) is 0 Å². The molecule has 12 heavy (non-hydrogen) atoms. The molecule has 4 heteroatoms. The molecule has 0 aliphatic rings. The van der Waals surface area contributed by atoms with Gasteiger partial charge in [-0.05, 0) is 25.4 Å². The van der Waals surface area contributed by atoms with Crippen LogP contribution in [0.3, 0.4) is 0 Å². The van der Waals surface area contributed by atoms with Crippen LogP contribution in [0, 0.1) is 5.92 Å². The third-order valence-corrected chi connectivity index (χ3v) is 2.28. The van der Waals surface area contributed by atoms with E-state index in [1.165, 1.54) is 0 Å². The maximum Gasteiger partial charge on any atom is 0.0385 e. The van der Waals surface area contributed by atoms with Crippen LogP contribution < -0.4 is 0 Å². The van der Waals surface area contributed by atoms with Crippen LogP contribution in [0.1, 0.15) is 20.8 Å². The van der Waals surface area contributed by atoms with E-state index in [0.717, 1.165) is 6.54 Å². The number of likely N-dealkylation sites (N-methyl/N-ethyl adjacent to an activating group) is 1. The van der Waals surface area contributed by atoms with Crippen LogP contribution in [-0.4, -0.2) is 31.1 Å². The lowest BCUT2D eigenvalue weighted by molar-refractivity contribution is 0.213. The standard InChI is InChI=1S/C8H18N4/c1-7(2)8(3)12(4)6-5-10-11-9/h7-8H,5-6H2,1-4H3. The van der Waals surface area contributed by atoms with Gasteiger partial charge < -0.3 is 4.90 Å². The van der Waals surface area contributed by atoms with Crippen LogP contribution in [0.25, 0.3) is 10.4 Å². The third-order valence-electron chi connectivity index (χ3n) is 2.28. The lowest BCUT2D eigenvalue weighted by Crippen LogP contribution is -2.34. The fraction of sp³-hybridized carbons (Fsp3) is 1.00. The molecule has 0 amide bonds. The Hall–Kier alpha value is -0.730. The van der Waals surface area contributed by atoms with Crippen molar-refractivity contribution in [2.24, 2.45) is 11.0 Å². The first kappa shape index (κ1) is 11.3. The van der Waals surface area contributed by atoms with Crippen LogP contribution in [0.15, 0.2) is 5.11 Å². The van der Waals surface area contributed by atoms with Crippen molar-refractivity contribution in [2.75, 3.05) is 20.1 Å². The topological polar surface area (TPSA) is 52.0 Å². The summed E-state index contributed by atoms with van der Waals surface area (Å²) in [6.07, 6.45) is 0. The smallest absolute Gasteiger partial charge is 0.0385 e. The molecule has 0 saturated heterocycles. The highest BCUT2D eigenvalue weighted by molar-refractivity contribution is 4.67. The summed E-state index contributed by atoms with van der Waals surface area (Å²) < 4.78 is 0. The van der Waals surface area contributed by atoms with Crippen molar-refractivity contribution in [3.63, 3.8) is 0 Å². The molecule has 0 bridgehead atoms. The SMILES string of the molecule is CC(C)C(C)N(C)CCN=[N+]=[N-]. The number of hydrogen-bond acceptors (Lipinski definition) is 2. The second-order valence-corrected chi connectivity index (χ2v) is 3.42. The Morgan fingerprint density at radius 3 is 2.42 bits per heavy atom. The van der Waals surface area contributed by atoms with Crippen LogP contribution in [-0.2, 0) is 0 Å². The lowest BCUT2D eigenvalue weighted by atomic mass is 10.1. The number of rotatable bonds is 5. The number of hydrogen-bond donors (Lipinski definition) is 0. The minimum Gasteiger partial charge on any atom is -0.303 e. The van der Waals surface area contributed by atoms with E-state index in [0.29, 0.717) is 18.5 Å². The van der Waals surface area contributed by atoms with Gasteiger partial charge in [-0.1, -0.05) is 19.0 Å². The molecule has 0 heterocycles. The largest absolute Gasteiger partial charge is 0.303 e. The van der Waals surface area contributed by atoms with Crippen molar-refractivity contribution in [3.05, 3.63) is 10.4 Å². The van der Waals surface area contributed by atoms with Gasteiger partial charge >= 0.3 is 0 Å². The summed E-state index contributed by atoms with van der Waals surface area (Å²) in [4.78, 5) is 4.92. The second-order valence-electron chi connectivity index (χ2n) is 3.42. The lowest BCUT2D eigenvalue weighted by Gasteiger charge is -2.26. The van der Waals surface area contributed by atoms with E-state index >= 15 is 0 Å². The molecule has 0 radical (unpaired) electrons. The predicted octanol–water partition coefficient (Wildman–Crippen LogP) is 2.27. The average Bonchev–Trinajstić information content (AvgIpc) is 2.03. The number of azide groups is 1. The normalized spacial score (nSPS) is 13.2. The molecule has 4 nitrogen and oxygen atoms in total. The van der Waals surface area contributed by atoms with Crippen LogP contribution in [0.4, 0.5) is 0 Å². The molecular formula is C8H18N4. The molecule has 0 aliphatic carbocycles. The minimum atomic E-state index is 0.541. The number of nitrogens with zero attached hydrogens (tertiary/aromatic N) is 4. The van der Waals surface area contributed by atoms with Crippen LogP contribution >= 0.6 is 0 Å². The molecule has 0 aliphatic heterocycles. The summed E-state index contributed by atoms with van der Waals surface area (Å²) in [7, 11) is 2.05. The van der Waals surface area contributed by atoms with E-state index in [-0.39, 0.29) is 0 Å². The summed E-state index contributed by atoms with van der Waals surface area (Å²) in [5, 5.41) is 3.49. The average molecular weight is 170 g/mol. The van der Waals surface area contributed by atoms with E-state index in [1.54, 1.807) is 0 Å². The van der Waals surface area contributed by atoms with Gasteiger partial charge in [0.15, 0.2) is 0 Å². The molecule has 0 saturated carbocycles. The summed E-state index contributed by atoms with van der Waals surface area (Å²) in [5.74, 6) is 0.640. The van der Waals surface area contributed by atoms with Gasteiger partial charge in [-0.15, -0.1) is 0 Å². The minimum absolute atomic E-state index is 0.541. The van der Waals surface area contributed by atoms with Gasteiger partial charge in [-0.3, -0.25) is 0 Å². The molecule has 1 unspecified atom stereocenters. The van der Waals surface area contributed by atoms with Gasteiger partial charge in [0.25, 0.3) is 0 Å². The van der Waals surface area contributed by atoms with Crippen molar-refractivity contribution in [1.29, 1.82) is 0 Å². The van der Waals surface area contributed by atoms with Crippen molar-refractivity contribution >= 4 is 0 Å². The van der Waals surface area contributed by atoms with Crippen LogP contribution in [0.5, 0.6) is 0 Å². The quantitative estimate of drug-likeness (QED) is 0.355. The summed E-state index contributed by atoms with van der Waals surface area (Å²) >= 11 is 0. The Bertz CT molecular complexity index is 160. The second kappa shape index (κ2) is 5.86. The maximum atomic E-state index is 8.07. The fourth-order valence-corrected chi connectivity index (χ4v) is 0.960. The summed E-state index contributed by atoms with van der Waals surface area (Å²) in [6, 6.07) is 0.541. The van der Waals surface area contributed by atoms with Gasteiger partial charge in [0, 0.05) is 24.0 Å². The molecule has 0 fully saturated rings. The first-order chi connectivity index (χ1) is 5.59. The highest BCUT2D eigenvalue weighted by Gasteiger charge is 2.11. The molecule has 0 rings (SSSR count). The highest BCUT2D eigenvalue weighted by Crippen LogP contribution is 2.06. The molecule has 70 valence electrons. The monoisotopic (exact) mass is 170 g/mol. The van der Waals surface area contributed by atoms with E-state index in [2.05, 4.69) is 42.7 Å². The van der Waals surface area contributed by atoms with E-state index in [1.807, 2.05) is 0 Å².